The lowest BCUT2D eigenvalue weighted by molar-refractivity contribution is 0.0520. The van der Waals surface area contributed by atoms with E-state index in [1.54, 1.807) is 84.3 Å². The normalized spacial score (nSPS) is 10.2. The lowest BCUT2D eigenvalue weighted by Crippen LogP contribution is -2.08. The van der Waals surface area contributed by atoms with Crippen molar-refractivity contribution < 1.29 is 28.5 Å². The Balaban J connectivity index is 1.53. The van der Waals surface area contributed by atoms with E-state index in [9.17, 15) is 9.59 Å². The average Bonchev–Trinajstić information content (AvgIpc) is 2.75. The van der Waals surface area contributed by atoms with Crippen LogP contribution >= 0.6 is 21.6 Å². The third kappa shape index (κ3) is 7.36. The van der Waals surface area contributed by atoms with Crippen molar-refractivity contribution in [1.82, 2.24) is 0 Å². The van der Waals surface area contributed by atoms with Crippen LogP contribution in [-0.2, 0) is 9.47 Å². The van der Waals surface area contributed by atoms with Crippen LogP contribution in [0.3, 0.4) is 0 Å². The molecule has 0 aliphatic rings. The first-order valence-electron chi connectivity index (χ1n) is 8.51. The summed E-state index contributed by atoms with van der Waals surface area (Å²) in [4.78, 5) is 23.8. The fourth-order valence-corrected chi connectivity index (χ4v) is 3.73. The van der Waals surface area contributed by atoms with E-state index >= 15 is 0 Å². The van der Waals surface area contributed by atoms with Crippen LogP contribution in [0.1, 0.15) is 20.7 Å². The second-order valence-electron chi connectivity index (χ2n) is 5.37. The van der Waals surface area contributed by atoms with Crippen LogP contribution in [0, 0.1) is 0 Å². The number of carbonyl (C=O) groups is 2. The van der Waals surface area contributed by atoms with E-state index in [1.165, 1.54) is 0 Å². The van der Waals surface area contributed by atoms with Gasteiger partial charge >= 0.3 is 11.9 Å². The first kappa shape index (κ1) is 22.0. The Morgan fingerprint density at radius 3 is 1.36 bits per heavy atom. The molecule has 0 heterocycles. The molecule has 0 amide bonds. The van der Waals surface area contributed by atoms with Crippen LogP contribution in [0.4, 0.5) is 0 Å². The van der Waals surface area contributed by atoms with Crippen LogP contribution in [0.25, 0.3) is 0 Å². The number of methoxy groups -OCH3 is 2. The fraction of sp³-hybridized carbons (Fsp3) is 0.300. The highest BCUT2D eigenvalue weighted by Crippen LogP contribution is 2.21. The molecule has 0 aliphatic heterocycles. The zero-order chi connectivity index (χ0) is 20.2. The fourth-order valence-electron chi connectivity index (χ4n) is 2.08. The van der Waals surface area contributed by atoms with E-state index in [1.807, 2.05) is 0 Å². The number of hydrogen-bond acceptors (Lipinski definition) is 8. The number of hydrogen-bond donors (Lipinski definition) is 0. The Morgan fingerprint density at radius 1 is 0.679 bits per heavy atom. The highest BCUT2D eigenvalue weighted by Gasteiger charge is 2.08. The van der Waals surface area contributed by atoms with Gasteiger partial charge in [0.05, 0.1) is 25.3 Å². The van der Waals surface area contributed by atoms with Gasteiger partial charge in [-0.15, -0.1) is 0 Å². The van der Waals surface area contributed by atoms with Gasteiger partial charge in [-0.05, 0) is 48.5 Å². The molecule has 0 saturated heterocycles. The van der Waals surface area contributed by atoms with E-state index in [0.717, 1.165) is 0 Å². The van der Waals surface area contributed by atoms with Crippen molar-refractivity contribution in [3.63, 3.8) is 0 Å². The molecular formula is C20H22O6S2. The number of ether oxygens (including phenoxy) is 4. The van der Waals surface area contributed by atoms with Crippen LogP contribution < -0.4 is 9.47 Å². The van der Waals surface area contributed by atoms with Crippen molar-refractivity contribution in [2.24, 2.45) is 0 Å². The Bertz CT molecular complexity index is 681. The summed E-state index contributed by atoms with van der Waals surface area (Å²) in [5, 5.41) is 0. The molecule has 0 saturated carbocycles. The minimum Gasteiger partial charge on any atom is -0.497 e. The number of benzene rings is 2. The topological polar surface area (TPSA) is 71.1 Å². The lowest BCUT2D eigenvalue weighted by atomic mass is 10.2. The van der Waals surface area contributed by atoms with Gasteiger partial charge in [-0.3, -0.25) is 0 Å². The van der Waals surface area contributed by atoms with Crippen LogP contribution in [0.15, 0.2) is 48.5 Å². The molecule has 0 aromatic heterocycles. The Hall–Kier alpha value is -2.32. The van der Waals surface area contributed by atoms with Gasteiger partial charge in [0, 0.05) is 11.5 Å². The zero-order valence-corrected chi connectivity index (χ0v) is 17.3. The molecule has 2 aromatic carbocycles. The van der Waals surface area contributed by atoms with Gasteiger partial charge in [0.25, 0.3) is 0 Å². The largest absolute Gasteiger partial charge is 0.497 e. The van der Waals surface area contributed by atoms with Crippen molar-refractivity contribution in [3.8, 4) is 11.5 Å². The average molecular weight is 423 g/mol. The first-order valence-corrected chi connectivity index (χ1v) is 11.0. The van der Waals surface area contributed by atoms with E-state index in [2.05, 4.69) is 0 Å². The van der Waals surface area contributed by atoms with Crippen LogP contribution in [0.5, 0.6) is 11.5 Å². The molecule has 0 bridgehead atoms. The second-order valence-corrected chi connectivity index (χ2v) is 8.07. The summed E-state index contributed by atoms with van der Waals surface area (Å²) in [5.41, 5.74) is 0.979. The van der Waals surface area contributed by atoms with Crippen molar-refractivity contribution in [3.05, 3.63) is 59.7 Å². The van der Waals surface area contributed by atoms with Gasteiger partial charge in [-0.1, -0.05) is 21.6 Å². The third-order valence-corrected chi connectivity index (χ3v) is 5.87. The molecular weight excluding hydrogens is 400 g/mol. The molecule has 0 atom stereocenters. The predicted molar refractivity (Wildman–Crippen MR) is 111 cm³/mol. The van der Waals surface area contributed by atoms with Gasteiger partial charge in [0.1, 0.15) is 24.7 Å². The Labute approximate surface area is 172 Å². The first-order chi connectivity index (χ1) is 13.6. The van der Waals surface area contributed by atoms with Crippen LogP contribution in [0.2, 0.25) is 0 Å². The summed E-state index contributed by atoms with van der Waals surface area (Å²) in [6, 6.07) is 13.5. The van der Waals surface area contributed by atoms with Crippen molar-refractivity contribution in [1.29, 1.82) is 0 Å². The molecule has 0 N–H and O–H groups in total. The molecule has 0 radical (unpaired) electrons. The summed E-state index contributed by atoms with van der Waals surface area (Å²) < 4.78 is 20.5. The van der Waals surface area contributed by atoms with Gasteiger partial charge < -0.3 is 18.9 Å². The molecule has 2 aromatic rings. The molecule has 150 valence electrons. The van der Waals surface area contributed by atoms with Gasteiger partial charge in [0.2, 0.25) is 0 Å². The zero-order valence-electron chi connectivity index (χ0n) is 15.7. The predicted octanol–water partition coefficient (Wildman–Crippen LogP) is 4.10. The summed E-state index contributed by atoms with van der Waals surface area (Å²) in [7, 11) is 6.26. The van der Waals surface area contributed by atoms with Gasteiger partial charge in [0.15, 0.2) is 0 Å². The number of rotatable bonds is 11. The summed E-state index contributed by atoms with van der Waals surface area (Å²) in [5.74, 6) is 1.97. The molecule has 8 heteroatoms. The maximum Gasteiger partial charge on any atom is 0.338 e. The van der Waals surface area contributed by atoms with Crippen molar-refractivity contribution >= 4 is 33.5 Å². The number of esters is 2. The Kier molecular flexibility index (Phi) is 9.57. The number of carbonyl (C=O) groups excluding carboxylic acids is 2. The molecule has 28 heavy (non-hydrogen) atoms. The van der Waals surface area contributed by atoms with E-state index in [-0.39, 0.29) is 11.9 Å². The summed E-state index contributed by atoms with van der Waals surface area (Å²) >= 11 is 0. The lowest BCUT2D eigenvalue weighted by Gasteiger charge is -2.06. The molecule has 0 aliphatic carbocycles. The highest BCUT2D eigenvalue weighted by atomic mass is 33.1. The van der Waals surface area contributed by atoms with E-state index in [0.29, 0.717) is 47.3 Å². The summed E-state index contributed by atoms with van der Waals surface area (Å²) in [6.07, 6.45) is 0. The maximum absolute atomic E-state index is 11.9. The van der Waals surface area contributed by atoms with Crippen molar-refractivity contribution in [2.75, 3.05) is 38.9 Å². The highest BCUT2D eigenvalue weighted by molar-refractivity contribution is 8.76. The van der Waals surface area contributed by atoms with Gasteiger partial charge in [-0.2, -0.15) is 0 Å². The molecule has 0 unspecified atom stereocenters. The smallest absolute Gasteiger partial charge is 0.338 e. The summed E-state index contributed by atoms with van der Waals surface area (Å²) in [6.45, 7) is 0.627. The van der Waals surface area contributed by atoms with E-state index in [4.69, 9.17) is 18.9 Å². The van der Waals surface area contributed by atoms with E-state index < -0.39 is 0 Å². The molecule has 6 nitrogen and oxygen atoms in total. The van der Waals surface area contributed by atoms with Crippen molar-refractivity contribution in [2.45, 2.75) is 0 Å². The maximum atomic E-state index is 11.9. The van der Waals surface area contributed by atoms with Crippen LogP contribution in [-0.4, -0.2) is 50.9 Å². The quantitative estimate of drug-likeness (QED) is 0.305. The Morgan fingerprint density at radius 2 is 1.04 bits per heavy atom. The monoisotopic (exact) mass is 422 g/mol. The molecule has 2 rings (SSSR count). The minimum absolute atomic E-state index is 0.314. The SMILES string of the molecule is COc1ccc(C(=O)OCCSSCCOC(=O)c2ccc(OC)cc2)cc1. The van der Waals surface area contributed by atoms with Gasteiger partial charge in [-0.25, -0.2) is 9.59 Å². The minimum atomic E-state index is -0.360. The third-order valence-electron chi connectivity index (χ3n) is 3.53. The molecule has 0 spiro atoms. The second kappa shape index (κ2) is 12.2. The molecule has 0 fully saturated rings. The standard InChI is InChI=1S/C20H22O6S2/c1-23-17-7-3-15(4-8-17)19(21)25-11-13-27-28-14-12-26-20(22)16-5-9-18(24-2)10-6-16/h3-10H,11-14H2,1-2H3.